The number of thioether (sulfide) groups is 1. The lowest BCUT2D eigenvalue weighted by molar-refractivity contribution is 0.0303. The molecule has 1 aromatic carbocycles. The molecule has 1 fully saturated rings. The number of benzene rings is 1. The zero-order valence-corrected chi connectivity index (χ0v) is 13.0. The van der Waals surface area contributed by atoms with Gasteiger partial charge in [-0.15, -0.1) is 0 Å². The lowest BCUT2D eigenvalue weighted by Gasteiger charge is -2.26. The number of aromatic nitrogens is 2. The summed E-state index contributed by atoms with van der Waals surface area (Å²) in [6.07, 6.45) is 3.47. The van der Waals surface area contributed by atoms with Crippen LogP contribution in [0.1, 0.15) is 15.9 Å². The molecule has 3 rings (SSSR count). The van der Waals surface area contributed by atoms with Crippen LogP contribution in [0.5, 0.6) is 0 Å². The first-order chi connectivity index (χ1) is 10.8. The number of amides is 1. The summed E-state index contributed by atoms with van der Waals surface area (Å²) in [5.41, 5.74) is 1.88. The van der Waals surface area contributed by atoms with Gasteiger partial charge in [-0.1, -0.05) is 23.9 Å². The molecule has 1 aromatic heterocycles. The maximum absolute atomic E-state index is 12.3. The van der Waals surface area contributed by atoms with Gasteiger partial charge < -0.3 is 9.64 Å². The molecule has 6 heteroatoms. The van der Waals surface area contributed by atoms with Gasteiger partial charge in [0.1, 0.15) is 0 Å². The second-order valence-electron chi connectivity index (χ2n) is 4.92. The highest BCUT2D eigenvalue weighted by molar-refractivity contribution is 7.98. The van der Waals surface area contributed by atoms with Crippen molar-refractivity contribution in [1.29, 1.82) is 0 Å². The van der Waals surface area contributed by atoms with Crippen LogP contribution in [-0.2, 0) is 10.5 Å². The average molecular weight is 315 g/mol. The molecule has 0 radical (unpaired) electrons. The minimum absolute atomic E-state index is 0.0777. The fourth-order valence-electron chi connectivity index (χ4n) is 2.20. The lowest BCUT2D eigenvalue weighted by Crippen LogP contribution is -2.40. The van der Waals surface area contributed by atoms with Gasteiger partial charge in [0.15, 0.2) is 5.16 Å². The molecule has 0 atom stereocenters. The van der Waals surface area contributed by atoms with Crippen LogP contribution >= 0.6 is 11.8 Å². The topological polar surface area (TPSA) is 55.3 Å². The minimum atomic E-state index is 0.0777. The van der Waals surface area contributed by atoms with Gasteiger partial charge in [-0.25, -0.2) is 9.97 Å². The number of hydrogen-bond acceptors (Lipinski definition) is 5. The smallest absolute Gasteiger partial charge is 0.254 e. The highest BCUT2D eigenvalue weighted by Gasteiger charge is 2.18. The van der Waals surface area contributed by atoms with Gasteiger partial charge in [0.25, 0.3) is 5.91 Å². The molecule has 2 aromatic rings. The van der Waals surface area contributed by atoms with Crippen molar-refractivity contribution in [2.75, 3.05) is 26.3 Å². The maximum Gasteiger partial charge on any atom is 0.254 e. The summed E-state index contributed by atoms with van der Waals surface area (Å²) in [5.74, 6) is 0.865. The van der Waals surface area contributed by atoms with Crippen molar-refractivity contribution < 1.29 is 9.53 Å². The molecule has 114 valence electrons. The molecule has 2 heterocycles. The SMILES string of the molecule is O=C(c1ccc(CSc2ncccn2)cc1)N1CCOCC1. The Labute approximate surface area is 133 Å². The van der Waals surface area contributed by atoms with Gasteiger partial charge in [-0.2, -0.15) is 0 Å². The zero-order valence-electron chi connectivity index (χ0n) is 12.1. The van der Waals surface area contributed by atoms with Crippen LogP contribution in [-0.4, -0.2) is 47.1 Å². The number of carbonyl (C=O) groups is 1. The molecule has 1 aliphatic rings. The van der Waals surface area contributed by atoms with E-state index in [-0.39, 0.29) is 5.91 Å². The molecule has 0 aliphatic carbocycles. The third-order valence-electron chi connectivity index (χ3n) is 3.41. The van der Waals surface area contributed by atoms with E-state index in [0.29, 0.717) is 26.3 Å². The Morgan fingerprint density at radius 3 is 2.50 bits per heavy atom. The normalized spacial score (nSPS) is 14.8. The van der Waals surface area contributed by atoms with Crippen molar-refractivity contribution in [2.24, 2.45) is 0 Å². The van der Waals surface area contributed by atoms with Crippen molar-refractivity contribution in [1.82, 2.24) is 14.9 Å². The van der Waals surface area contributed by atoms with E-state index in [1.54, 1.807) is 30.2 Å². The summed E-state index contributed by atoms with van der Waals surface area (Å²) in [6, 6.07) is 9.56. The quantitative estimate of drug-likeness (QED) is 0.640. The molecule has 1 aliphatic heterocycles. The van der Waals surface area contributed by atoms with Gasteiger partial charge in [-0.3, -0.25) is 4.79 Å². The maximum atomic E-state index is 12.3. The van der Waals surface area contributed by atoms with Crippen molar-refractivity contribution in [3.05, 3.63) is 53.9 Å². The Kier molecular flexibility index (Phi) is 5.03. The Hall–Kier alpha value is -1.92. The summed E-state index contributed by atoms with van der Waals surface area (Å²) >= 11 is 1.58. The molecule has 1 amide bonds. The Morgan fingerprint density at radius 2 is 1.82 bits per heavy atom. The molecule has 0 bridgehead atoms. The summed E-state index contributed by atoms with van der Waals surface area (Å²) < 4.78 is 5.27. The summed E-state index contributed by atoms with van der Waals surface area (Å²) in [5, 5.41) is 0.760. The van der Waals surface area contributed by atoms with Gasteiger partial charge >= 0.3 is 0 Å². The Morgan fingerprint density at radius 1 is 1.14 bits per heavy atom. The monoisotopic (exact) mass is 315 g/mol. The molecule has 0 spiro atoms. The summed E-state index contributed by atoms with van der Waals surface area (Å²) in [7, 11) is 0. The number of nitrogens with zero attached hydrogens (tertiary/aromatic N) is 3. The Balaban J connectivity index is 1.59. The molecule has 0 N–H and O–H groups in total. The predicted molar refractivity (Wildman–Crippen MR) is 84.8 cm³/mol. The van der Waals surface area contributed by atoms with Crippen LogP contribution in [0.25, 0.3) is 0 Å². The van der Waals surface area contributed by atoms with Gasteiger partial charge in [0.2, 0.25) is 0 Å². The van der Waals surface area contributed by atoms with Crippen molar-refractivity contribution >= 4 is 17.7 Å². The van der Waals surface area contributed by atoms with E-state index in [2.05, 4.69) is 9.97 Å². The van der Waals surface area contributed by atoms with Crippen LogP contribution in [0.2, 0.25) is 0 Å². The third kappa shape index (κ3) is 3.84. The summed E-state index contributed by atoms with van der Waals surface area (Å²) in [4.78, 5) is 22.5. The second-order valence-corrected chi connectivity index (χ2v) is 5.86. The van der Waals surface area contributed by atoms with E-state index in [9.17, 15) is 4.79 Å². The van der Waals surface area contributed by atoms with E-state index in [4.69, 9.17) is 4.74 Å². The first-order valence-corrected chi connectivity index (χ1v) is 8.17. The van der Waals surface area contributed by atoms with Gasteiger partial charge in [-0.05, 0) is 23.8 Å². The van der Waals surface area contributed by atoms with E-state index in [0.717, 1.165) is 22.0 Å². The largest absolute Gasteiger partial charge is 0.378 e. The molecular formula is C16H17N3O2S. The van der Waals surface area contributed by atoms with Crippen molar-refractivity contribution in [3.8, 4) is 0 Å². The lowest BCUT2D eigenvalue weighted by atomic mass is 10.1. The number of hydrogen-bond donors (Lipinski definition) is 0. The molecule has 5 nitrogen and oxygen atoms in total. The van der Waals surface area contributed by atoms with E-state index in [1.165, 1.54) is 0 Å². The van der Waals surface area contributed by atoms with Gasteiger partial charge in [0, 0.05) is 36.8 Å². The van der Waals surface area contributed by atoms with Gasteiger partial charge in [0.05, 0.1) is 13.2 Å². The Bertz CT molecular complexity index is 613. The first-order valence-electron chi connectivity index (χ1n) is 7.19. The van der Waals surface area contributed by atoms with Crippen LogP contribution in [0, 0.1) is 0 Å². The van der Waals surface area contributed by atoms with E-state index >= 15 is 0 Å². The van der Waals surface area contributed by atoms with E-state index in [1.807, 2.05) is 29.2 Å². The number of morpholine rings is 1. The number of ether oxygens (including phenoxy) is 1. The minimum Gasteiger partial charge on any atom is -0.378 e. The highest BCUT2D eigenvalue weighted by Crippen LogP contribution is 2.19. The third-order valence-corrected chi connectivity index (χ3v) is 4.36. The van der Waals surface area contributed by atoms with Crippen LogP contribution in [0.4, 0.5) is 0 Å². The molecule has 22 heavy (non-hydrogen) atoms. The van der Waals surface area contributed by atoms with Crippen LogP contribution in [0.15, 0.2) is 47.9 Å². The fourth-order valence-corrected chi connectivity index (χ4v) is 2.96. The fraction of sp³-hybridized carbons (Fsp3) is 0.312. The second kappa shape index (κ2) is 7.38. The van der Waals surface area contributed by atoms with Crippen LogP contribution in [0.3, 0.4) is 0 Å². The van der Waals surface area contributed by atoms with Crippen LogP contribution < -0.4 is 0 Å². The van der Waals surface area contributed by atoms with Crippen molar-refractivity contribution in [2.45, 2.75) is 10.9 Å². The zero-order chi connectivity index (χ0) is 15.2. The first kappa shape index (κ1) is 15.0. The van der Waals surface area contributed by atoms with E-state index < -0.39 is 0 Å². The predicted octanol–water partition coefficient (Wildman–Crippen LogP) is 2.24. The molecular weight excluding hydrogens is 298 g/mol. The molecule has 0 saturated carbocycles. The number of carbonyl (C=O) groups excluding carboxylic acids is 1. The average Bonchev–Trinajstić information content (AvgIpc) is 2.61. The number of rotatable bonds is 4. The molecule has 1 saturated heterocycles. The standard InChI is InChI=1S/C16H17N3O2S/c20-15(19-8-10-21-11-9-19)14-4-2-13(3-5-14)12-22-16-17-6-1-7-18-16/h1-7H,8-12H2. The molecule has 0 unspecified atom stereocenters. The highest BCUT2D eigenvalue weighted by atomic mass is 32.2. The summed E-state index contributed by atoms with van der Waals surface area (Å²) in [6.45, 7) is 2.58. The van der Waals surface area contributed by atoms with Crippen molar-refractivity contribution in [3.63, 3.8) is 0 Å².